The molecule has 5 aromatic rings. The molecule has 0 amide bonds. The lowest BCUT2D eigenvalue weighted by atomic mass is 10.2. The Labute approximate surface area is 149 Å². The fourth-order valence-electron chi connectivity index (χ4n) is 2.76. The Morgan fingerprint density at radius 2 is 2.00 bits per heavy atom. The summed E-state index contributed by atoms with van der Waals surface area (Å²) in [4.78, 5) is 13.1. The van der Waals surface area contributed by atoms with Gasteiger partial charge in [-0.1, -0.05) is 0 Å². The molecule has 0 spiro atoms. The average molecular weight is 368 g/mol. The second-order valence-electron chi connectivity index (χ2n) is 5.61. The molecule has 5 rings (SSSR count). The SMILES string of the molecule is Fc1ccc(F)c(Nc2nc3nc4cc(-c5nccs5)ccc4n3[nH]2)c1. The molecule has 3 heterocycles. The number of thiazole rings is 1. The first-order valence-corrected chi connectivity index (χ1v) is 8.55. The van der Waals surface area contributed by atoms with Gasteiger partial charge in [0.2, 0.25) is 5.95 Å². The summed E-state index contributed by atoms with van der Waals surface area (Å²) >= 11 is 1.55. The lowest BCUT2D eigenvalue weighted by molar-refractivity contribution is 0.603. The monoisotopic (exact) mass is 368 g/mol. The average Bonchev–Trinajstić information content (AvgIpc) is 3.33. The molecular formula is C17H10F2N6S. The van der Waals surface area contributed by atoms with Gasteiger partial charge in [-0.15, -0.1) is 11.3 Å². The number of nitrogens with zero attached hydrogens (tertiary/aromatic N) is 4. The third-order valence-corrected chi connectivity index (χ3v) is 4.75. The standard InChI is InChI=1S/C17H10F2N6S/c18-10-2-3-11(19)12(8-10)21-16-23-17-22-13-7-9(15-20-5-6-26-15)1-4-14(13)25(17)24-16/h1-8H,(H2,21,22,23,24). The van der Waals surface area contributed by atoms with Crippen molar-refractivity contribution >= 4 is 39.8 Å². The van der Waals surface area contributed by atoms with Gasteiger partial charge in [-0.25, -0.2) is 23.3 Å². The van der Waals surface area contributed by atoms with Crippen molar-refractivity contribution in [2.75, 3.05) is 5.32 Å². The third kappa shape index (κ3) is 2.40. The molecule has 0 saturated heterocycles. The molecule has 3 aromatic heterocycles. The number of halogens is 2. The summed E-state index contributed by atoms with van der Waals surface area (Å²) in [5.74, 6) is -0.415. The molecule has 26 heavy (non-hydrogen) atoms. The van der Waals surface area contributed by atoms with Crippen LogP contribution < -0.4 is 5.32 Å². The molecule has 2 N–H and O–H groups in total. The van der Waals surface area contributed by atoms with Crippen LogP contribution in [0.25, 0.3) is 27.4 Å². The van der Waals surface area contributed by atoms with E-state index in [4.69, 9.17) is 0 Å². The zero-order valence-electron chi connectivity index (χ0n) is 13.1. The molecule has 0 bridgehead atoms. The predicted octanol–water partition coefficient (Wildman–Crippen LogP) is 4.36. The van der Waals surface area contributed by atoms with Crippen molar-refractivity contribution in [2.24, 2.45) is 0 Å². The van der Waals surface area contributed by atoms with E-state index in [2.05, 4.69) is 25.4 Å². The van der Waals surface area contributed by atoms with Crippen molar-refractivity contribution in [1.29, 1.82) is 0 Å². The van der Waals surface area contributed by atoms with Gasteiger partial charge >= 0.3 is 0 Å². The van der Waals surface area contributed by atoms with Crippen LogP contribution in [0, 0.1) is 11.6 Å². The number of rotatable bonds is 3. The molecule has 9 heteroatoms. The number of anilines is 2. The largest absolute Gasteiger partial charge is 0.322 e. The van der Waals surface area contributed by atoms with E-state index in [0.717, 1.165) is 39.8 Å². The number of fused-ring (bicyclic) bond motifs is 3. The van der Waals surface area contributed by atoms with Gasteiger partial charge in [0.25, 0.3) is 5.78 Å². The van der Waals surface area contributed by atoms with Gasteiger partial charge in [-0.3, -0.25) is 5.10 Å². The first kappa shape index (κ1) is 15.0. The molecule has 128 valence electrons. The van der Waals surface area contributed by atoms with Crippen molar-refractivity contribution in [1.82, 2.24) is 24.6 Å². The minimum Gasteiger partial charge on any atom is -0.322 e. The Hall–Kier alpha value is -3.33. The van der Waals surface area contributed by atoms with Crippen LogP contribution in [-0.4, -0.2) is 24.6 Å². The zero-order valence-corrected chi connectivity index (χ0v) is 13.9. The van der Waals surface area contributed by atoms with E-state index in [-0.39, 0.29) is 11.6 Å². The molecule has 0 aliphatic heterocycles. The molecule has 0 fully saturated rings. The minimum atomic E-state index is -0.571. The van der Waals surface area contributed by atoms with Crippen LogP contribution >= 0.6 is 11.3 Å². The van der Waals surface area contributed by atoms with Gasteiger partial charge in [-0.2, -0.15) is 4.98 Å². The first-order chi connectivity index (χ1) is 12.7. The lowest BCUT2D eigenvalue weighted by Gasteiger charge is -2.03. The molecular weight excluding hydrogens is 358 g/mol. The second kappa shape index (κ2) is 5.60. The topological polar surface area (TPSA) is 70.9 Å². The highest BCUT2D eigenvalue weighted by Crippen LogP contribution is 2.27. The van der Waals surface area contributed by atoms with E-state index in [1.54, 1.807) is 22.0 Å². The molecule has 0 unspecified atom stereocenters. The number of imidazole rings is 1. The number of H-pyrrole nitrogens is 1. The van der Waals surface area contributed by atoms with Gasteiger partial charge in [0.1, 0.15) is 16.6 Å². The highest BCUT2D eigenvalue weighted by atomic mass is 32.1. The van der Waals surface area contributed by atoms with Gasteiger partial charge in [-0.05, 0) is 30.3 Å². The normalized spacial score (nSPS) is 11.5. The van der Waals surface area contributed by atoms with E-state index >= 15 is 0 Å². The maximum Gasteiger partial charge on any atom is 0.253 e. The number of hydrogen-bond donors (Lipinski definition) is 2. The Balaban J connectivity index is 1.55. The third-order valence-electron chi connectivity index (χ3n) is 3.93. The Kier molecular flexibility index (Phi) is 3.22. The summed E-state index contributed by atoms with van der Waals surface area (Å²) in [7, 11) is 0. The van der Waals surface area contributed by atoms with E-state index < -0.39 is 11.6 Å². The number of aromatic amines is 1. The van der Waals surface area contributed by atoms with Crippen LogP contribution in [-0.2, 0) is 0 Å². The molecule has 0 aliphatic rings. The summed E-state index contributed by atoms with van der Waals surface area (Å²) in [6, 6.07) is 8.99. The van der Waals surface area contributed by atoms with E-state index in [1.807, 2.05) is 23.6 Å². The van der Waals surface area contributed by atoms with Crippen molar-refractivity contribution in [2.45, 2.75) is 0 Å². The van der Waals surface area contributed by atoms with Crippen LogP contribution in [0.4, 0.5) is 20.4 Å². The molecule has 2 aromatic carbocycles. The van der Waals surface area contributed by atoms with Crippen LogP contribution in [0.1, 0.15) is 0 Å². The van der Waals surface area contributed by atoms with Gasteiger partial charge in [0, 0.05) is 23.2 Å². The lowest BCUT2D eigenvalue weighted by Crippen LogP contribution is -1.97. The maximum absolute atomic E-state index is 13.8. The maximum atomic E-state index is 13.8. The van der Waals surface area contributed by atoms with Crippen LogP contribution in [0.2, 0.25) is 0 Å². The quantitative estimate of drug-likeness (QED) is 0.496. The summed E-state index contributed by atoms with van der Waals surface area (Å²) in [6.07, 6.45) is 1.76. The highest BCUT2D eigenvalue weighted by Gasteiger charge is 2.13. The molecule has 0 radical (unpaired) electrons. The second-order valence-corrected chi connectivity index (χ2v) is 6.50. The van der Waals surface area contributed by atoms with E-state index in [0.29, 0.717) is 5.78 Å². The van der Waals surface area contributed by atoms with Crippen molar-refractivity contribution in [3.63, 3.8) is 0 Å². The van der Waals surface area contributed by atoms with Gasteiger partial charge in [0.15, 0.2) is 0 Å². The zero-order chi connectivity index (χ0) is 17.7. The number of benzene rings is 2. The summed E-state index contributed by atoms with van der Waals surface area (Å²) in [5, 5.41) is 8.57. The van der Waals surface area contributed by atoms with Crippen LogP contribution in [0.3, 0.4) is 0 Å². The van der Waals surface area contributed by atoms with Gasteiger partial charge < -0.3 is 5.32 Å². The fourth-order valence-corrected chi connectivity index (χ4v) is 3.39. The highest BCUT2D eigenvalue weighted by molar-refractivity contribution is 7.13. The number of nitrogens with one attached hydrogen (secondary N) is 2. The van der Waals surface area contributed by atoms with Gasteiger partial charge in [0.05, 0.1) is 16.7 Å². The molecule has 0 aliphatic carbocycles. The molecule has 0 atom stereocenters. The number of hydrogen-bond acceptors (Lipinski definition) is 5. The smallest absolute Gasteiger partial charge is 0.253 e. The molecule has 6 nitrogen and oxygen atoms in total. The summed E-state index contributed by atoms with van der Waals surface area (Å²) in [6.45, 7) is 0. The minimum absolute atomic E-state index is 0.00244. The van der Waals surface area contributed by atoms with E-state index in [1.165, 1.54) is 0 Å². The van der Waals surface area contributed by atoms with Crippen LogP contribution in [0.15, 0.2) is 48.0 Å². The Morgan fingerprint density at radius 1 is 1.08 bits per heavy atom. The van der Waals surface area contributed by atoms with Crippen molar-refractivity contribution in [3.8, 4) is 10.6 Å². The Morgan fingerprint density at radius 3 is 2.85 bits per heavy atom. The summed E-state index contributed by atoms with van der Waals surface area (Å²) in [5.41, 5.74) is 2.56. The summed E-state index contributed by atoms with van der Waals surface area (Å²) < 4.78 is 28.7. The first-order valence-electron chi connectivity index (χ1n) is 7.67. The van der Waals surface area contributed by atoms with Crippen molar-refractivity contribution in [3.05, 3.63) is 59.6 Å². The van der Waals surface area contributed by atoms with Crippen LogP contribution in [0.5, 0.6) is 0 Å². The van der Waals surface area contributed by atoms with Crippen molar-refractivity contribution < 1.29 is 8.78 Å². The Bertz CT molecular complexity index is 1240. The predicted molar refractivity (Wildman–Crippen MR) is 95.6 cm³/mol. The van der Waals surface area contributed by atoms with E-state index in [9.17, 15) is 8.78 Å². The number of aromatic nitrogens is 5. The molecule has 0 saturated carbocycles. The fraction of sp³-hybridized carbons (Fsp3) is 0.